The molecule has 1 saturated carbocycles. The first-order valence-corrected chi connectivity index (χ1v) is 6.55. The van der Waals surface area contributed by atoms with Crippen molar-refractivity contribution < 1.29 is 9.47 Å². The van der Waals surface area contributed by atoms with Gasteiger partial charge in [-0.1, -0.05) is 13.8 Å². The molecule has 0 bridgehead atoms. The Morgan fingerprint density at radius 2 is 2.00 bits per heavy atom. The molecule has 0 aromatic carbocycles. The van der Waals surface area contributed by atoms with Crippen molar-refractivity contribution in [2.75, 3.05) is 33.4 Å². The molecule has 0 amide bonds. The fourth-order valence-corrected chi connectivity index (χ4v) is 2.03. The molecule has 0 spiro atoms. The van der Waals surface area contributed by atoms with Crippen LogP contribution in [0, 0.1) is 5.92 Å². The van der Waals surface area contributed by atoms with Crippen LogP contribution < -0.4 is 5.32 Å². The molecule has 0 aromatic rings. The third kappa shape index (κ3) is 4.81. The van der Waals surface area contributed by atoms with Gasteiger partial charge in [0.25, 0.3) is 0 Å². The van der Waals surface area contributed by atoms with Gasteiger partial charge in [0.15, 0.2) is 0 Å². The summed E-state index contributed by atoms with van der Waals surface area (Å²) in [5.74, 6) is 0.613. The molecule has 1 fully saturated rings. The first-order valence-electron chi connectivity index (χ1n) is 6.55. The monoisotopic (exact) mass is 229 g/mol. The Bertz CT molecular complexity index is 179. The van der Waals surface area contributed by atoms with Crippen molar-refractivity contribution in [2.45, 2.75) is 45.1 Å². The fraction of sp³-hybridized carbons (Fsp3) is 1.00. The fourth-order valence-electron chi connectivity index (χ4n) is 2.03. The van der Waals surface area contributed by atoms with Crippen molar-refractivity contribution in [3.05, 3.63) is 0 Å². The minimum Gasteiger partial charge on any atom is -0.379 e. The SMILES string of the molecule is CNCCC1(OCCOCC(C)C)CCC1. The van der Waals surface area contributed by atoms with Crippen LogP contribution in [0.4, 0.5) is 0 Å². The van der Waals surface area contributed by atoms with Crippen LogP contribution in [-0.4, -0.2) is 39.0 Å². The summed E-state index contributed by atoms with van der Waals surface area (Å²) in [6, 6.07) is 0. The maximum Gasteiger partial charge on any atom is 0.0708 e. The minimum absolute atomic E-state index is 0.171. The number of nitrogens with one attached hydrogen (secondary N) is 1. The Labute approximate surface area is 99.9 Å². The molecule has 3 heteroatoms. The normalized spacial score (nSPS) is 18.8. The molecule has 0 aromatic heterocycles. The molecule has 0 aliphatic heterocycles. The van der Waals surface area contributed by atoms with E-state index in [-0.39, 0.29) is 5.60 Å². The summed E-state index contributed by atoms with van der Waals surface area (Å²) >= 11 is 0. The number of hydrogen-bond donors (Lipinski definition) is 1. The molecule has 96 valence electrons. The lowest BCUT2D eigenvalue weighted by Crippen LogP contribution is -2.43. The van der Waals surface area contributed by atoms with Gasteiger partial charge in [-0.3, -0.25) is 0 Å². The second kappa shape index (κ2) is 7.25. The van der Waals surface area contributed by atoms with Crippen LogP contribution in [0.15, 0.2) is 0 Å². The van der Waals surface area contributed by atoms with Gasteiger partial charge < -0.3 is 14.8 Å². The van der Waals surface area contributed by atoms with E-state index < -0.39 is 0 Å². The lowest BCUT2D eigenvalue weighted by molar-refractivity contribution is -0.118. The Kier molecular flexibility index (Phi) is 6.32. The molecule has 1 N–H and O–H groups in total. The zero-order valence-corrected chi connectivity index (χ0v) is 11.1. The van der Waals surface area contributed by atoms with Gasteiger partial charge in [0.2, 0.25) is 0 Å². The van der Waals surface area contributed by atoms with Crippen molar-refractivity contribution in [3.8, 4) is 0 Å². The zero-order valence-electron chi connectivity index (χ0n) is 11.1. The molecule has 3 nitrogen and oxygen atoms in total. The van der Waals surface area contributed by atoms with Crippen LogP contribution in [0.25, 0.3) is 0 Å². The largest absolute Gasteiger partial charge is 0.379 e. The van der Waals surface area contributed by atoms with E-state index >= 15 is 0 Å². The molecule has 1 rings (SSSR count). The van der Waals surface area contributed by atoms with Crippen molar-refractivity contribution >= 4 is 0 Å². The Morgan fingerprint density at radius 3 is 2.50 bits per heavy atom. The van der Waals surface area contributed by atoms with Crippen LogP contribution in [0.3, 0.4) is 0 Å². The third-order valence-corrected chi connectivity index (χ3v) is 3.18. The van der Waals surface area contributed by atoms with E-state index in [1.54, 1.807) is 0 Å². The highest BCUT2D eigenvalue weighted by Gasteiger charge is 2.37. The predicted molar refractivity (Wildman–Crippen MR) is 66.7 cm³/mol. The average Bonchev–Trinajstić information content (AvgIpc) is 2.19. The summed E-state index contributed by atoms with van der Waals surface area (Å²) in [6.45, 7) is 7.71. The zero-order chi connectivity index (χ0) is 11.9. The van der Waals surface area contributed by atoms with E-state index in [0.29, 0.717) is 5.92 Å². The second-order valence-corrected chi connectivity index (χ2v) is 5.21. The Hall–Kier alpha value is -0.120. The summed E-state index contributed by atoms with van der Waals surface area (Å²) in [5.41, 5.74) is 0.171. The van der Waals surface area contributed by atoms with Crippen LogP contribution >= 0.6 is 0 Å². The molecule has 1 aliphatic carbocycles. The molecule has 0 heterocycles. The van der Waals surface area contributed by atoms with Gasteiger partial charge in [0.05, 0.1) is 18.8 Å². The number of ether oxygens (including phenoxy) is 2. The van der Waals surface area contributed by atoms with Gasteiger partial charge in [-0.25, -0.2) is 0 Å². The van der Waals surface area contributed by atoms with E-state index in [1.807, 2.05) is 7.05 Å². The first kappa shape index (κ1) is 13.9. The first-order chi connectivity index (χ1) is 7.68. The highest BCUT2D eigenvalue weighted by molar-refractivity contribution is 4.90. The molecule has 0 unspecified atom stereocenters. The van der Waals surface area contributed by atoms with Crippen LogP contribution in [0.2, 0.25) is 0 Å². The highest BCUT2D eigenvalue weighted by atomic mass is 16.5. The van der Waals surface area contributed by atoms with Gasteiger partial charge in [0.1, 0.15) is 0 Å². The van der Waals surface area contributed by atoms with Crippen LogP contribution in [0.1, 0.15) is 39.5 Å². The maximum absolute atomic E-state index is 5.98. The van der Waals surface area contributed by atoms with Gasteiger partial charge in [-0.2, -0.15) is 0 Å². The molecular formula is C13H27NO2. The van der Waals surface area contributed by atoms with Gasteiger partial charge in [0, 0.05) is 6.61 Å². The van der Waals surface area contributed by atoms with Crippen LogP contribution in [0.5, 0.6) is 0 Å². The molecule has 0 saturated heterocycles. The van der Waals surface area contributed by atoms with Crippen molar-refractivity contribution in [3.63, 3.8) is 0 Å². The number of hydrogen-bond acceptors (Lipinski definition) is 3. The molecule has 0 radical (unpaired) electrons. The predicted octanol–water partition coefficient (Wildman–Crippen LogP) is 2.21. The van der Waals surface area contributed by atoms with E-state index in [2.05, 4.69) is 19.2 Å². The third-order valence-electron chi connectivity index (χ3n) is 3.18. The summed E-state index contributed by atoms with van der Waals surface area (Å²) < 4.78 is 11.5. The molecular weight excluding hydrogens is 202 g/mol. The van der Waals surface area contributed by atoms with E-state index in [9.17, 15) is 0 Å². The van der Waals surface area contributed by atoms with E-state index in [0.717, 1.165) is 32.8 Å². The van der Waals surface area contributed by atoms with Crippen molar-refractivity contribution in [1.29, 1.82) is 0 Å². The van der Waals surface area contributed by atoms with Gasteiger partial charge >= 0.3 is 0 Å². The molecule has 16 heavy (non-hydrogen) atoms. The summed E-state index contributed by atoms with van der Waals surface area (Å²) in [7, 11) is 2.00. The maximum atomic E-state index is 5.98. The van der Waals surface area contributed by atoms with Gasteiger partial charge in [-0.05, 0) is 45.2 Å². The second-order valence-electron chi connectivity index (χ2n) is 5.21. The standard InChI is InChI=1S/C13H27NO2/c1-12(2)11-15-9-10-16-13(5-4-6-13)7-8-14-3/h12,14H,4-11H2,1-3H3. The molecule has 0 atom stereocenters. The lowest BCUT2D eigenvalue weighted by Gasteiger charge is -2.41. The summed E-state index contributed by atoms with van der Waals surface area (Å²) in [6.07, 6.45) is 4.89. The van der Waals surface area contributed by atoms with Crippen LogP contribution in [-0.2, 0) is 9.47 Å². The minimum atomic E-state index is 0.171. The summed E-state index contributed by atoms with van der Waals surface area (Å²) in [4.78, 5) is 0. The number of rotatable bonds is 9. The average molecular weight is 229 g/mol. The topological polar surface area (TPSA) is 30.5 Å². The van der Waals surface area contributed by atoms with Gasteiger partial charge in [-0.15, -0.1) is 0 Å². The van der Waals surface area contributed by atoms with Crippen molar-refractivity contribution in [2.24, 2.45) is 5.92 Å². The lowest BCUT2D eigenvalue weighted by atomic mass is 9.77. The van der Waals surface area contributed by atoms with E-state index in [1.165, 1.54) is 19.3 Å². The quantitative estimate of drug-likeness (QED) is 0.615. The highest BCUT2D eigenvalue weighted by Crippen LogP contribution is 2.38. The smallest absolute Gasteiger partial charge is 0.0708 e. The Balaban J connectivity index is 2.05. The van der Waals surface area contributed by atoms with Crippen molar-refractivity contribution in [1.82, 2.24) is 5.32 Å². The van der Waals surface area contributed by atoms with E-state index in [4.69, 9.17) is 9.47 Å². The Morgan fingerprint density at radius 1 is 1.25 bits per heavy atom. The summed E-state index contributed by atoms with van der Waals surface area (Å²) in [5, 5.41) is 3.20. The molecule has 1 aliphatic rings.